The molecule has 0 radical (unpaired) electrons. The van der Waals surface area contributed by atoms with E-state index in [1.807, 2.05) is 0 Å². The average molecular weight is 359 g/mol. The van der Waals surface area contributed by atoms with Gasteiger partial charge in [0.2, 0.25) is 5.88 Å². The van der Waals surface area contributed by atoms with Crippen molar-refractivity contribution in [2.75, 3.05) is 5.32 Å². The number of fused-ring (bicyclic) bond motifs is 1. The largest absolute Gasteiger partial charge is 0.452 e. The van der Waals surface area contributed by atoms with Crippen LogP contribution in [0.1, 0.15) is 19.0 Å². The maximum atomic E-state index is 12.0. The molecule has 0 aliphatic heterocycles. The molecule has 2 heterocycles. The fraction of sp³-hybridized carbons (Fsp3) is 0.294. The highest BCUT2D eigenvalue weighted by atomic mass is 16.5. The minimum Gasteiger partial charge on any atom is -0.452 e. The Hall–Kier alpha value is -3.36. The molecule has 0 aliphatic rings. The number of benzene rings is 1. The molecule has 1 amide bonds. The summed E-state index contributed by atoms with van der Waals surface area (Å²) in [5.74, 6) is -1.53. The van der Waals surface area contributed by atoms with E-state index in [9.17, 15) is 14.4 Å². The fourth-order valence-corrected chi connectivity index (χ4v) is 2.38. The molecule has 0 aliphatic carbocycles. The van der Waals surface area contributed by atoms with Crippen molar-refractivity contribution in [1.29, 1.82) is 0 Å². The molecular weight excluding hydrogens is 342 g/mol. The van der Waals surface area contributed by atoms with E-state index in [1.54, 1.807) is 37.3 Å². The average Bonchev–Trinajstić information content (AvgIpc) is 3.15. The van der Waals surface area contributed by atoms with E-state index < -0.39 is 23.7 Å². The Morgan fingerprint density at radius 3 is 2.85 bits per heavy atom. The molecule has 9 nitrogen and oxygen atoms in total. The Morgan fingerprint density at radius 2 is 2.12 bits per heavy atom. The van der Waals surface area contributed by atoms with Gasteiger partial charge in [-0.15, -0.1) is 0 Å². The third kappa shape index (κ3) is 3.82. The number of nitrogens with one attached hydrogen (secondary N) is 1. The van der Waals surface area contributed by atoms with Crippen molar-refractivity contribution in [2.45, 2.75) is 32.9 Å². The standard InChI is InChI=1S/C17H17N3O6/c1-10-9-14(26-19-10)18-16(22)11(2)24-15(21)7-8-20-12-5-3-4-6-13(12)25-17(20)23/h3-6,9,11H,7-8H2,1-2H3,(H,18,22). The molecule has 3 aromatic rings. The van der Waals surface area contributed by atoms with Crippen LogP contribution in [0.3, 0.4) is 0 Å². The summed E-state index contributed by atoms with van der Waals surface area (Å²) in [6.07, 6.45) is -1.10. The van der Waals surface area contributed by atoms with Crippen LogP contribution in [0, 0.1) is 6.92 Å². The first-order valence-corrected chi connectivity index (χ1v) is 7.96. The highest BCUT2D eigenvalue weighted by molar-refractivity contribution is 5.94. The smallest absolute Gasteiger partial charge is 0.419 e. The number of esters is 1. The first-order valence-electron chi connectivity index (χ1n) is 7.96. The normalized spacial score (nSPS) is 12.1. The topological polar surface area (TPSA) is 117 Å². The van der Waals surface area contributed by atoms with Crippen LogP contribution in [0.2, 0.25) is 0 Å². The fourth-order valence-electron chi connectivity index (χ4n) is 2.38. The lowest BCUT2D eigenvalue weighted by Crippen LogP contribution is -2.30. The summed E-state index contributed by atoms with van der Waals surface area (Å²) < 4.78 is 16.4. The van der Waals surface area contributed by atoms with Gasteiger partial charge >= 0.3 is 11.7 Å². The Labute approximate surface area is 147 Å². The van der Waals surface area contributed by atoms with Gasteiger partial charge in [-0.2, -0.15) is 0 Å². The second-order valence-corrected chi connectivity index (χ2v) is 5.69. The molecule has 0 saturated heterocycles. The molecule has 2 aromatic heterocycles. The first kappa shape index (κ1) is 17.5. The number of carbonyl (C=O) groups is 2. The maximum Gasteiger partial charge on any atom is 0.419 e. The van der Waals surface area contributed by atoms with Gasteiger partial charge in [-0.25, -0.2) is 4.79 Å². The number of anilines is 1. The summed E-state index contributed by atoms with van der Waals surface area (Å²) in [5, 5.41) is 6.10. The van der Waals surface area contributed by atoms with E-state index in [2.05, 4.69) is 10.5 Å². The summed E-state index contributed by atoms with van der Waals surface area (Å²) in [6, 6.07) is 8.46. The van der Waals surface area contributed by atoms with Crippen LogP contribution in [0.5, 0.6) is 0 Å². The zero-order chi connectivity index (χ0) is 18.7. The number of aryl methyl sites for hydroxylation is 2. The highest BCUT2D eigenvalue weighted by Crippen LogP contribution is 2.13. The van der Waals surface area contributed by atoms with Crippen LogP contribution in [0.4, 0.5) is 5.88 Å². The molecule has 0 fully saturated rings. The third-order valence-electron chi connectivity index (χ3n) is 3.67. The summed E-state index contributed by atoms with van der Waals surface area (Å²) in [7, 11) is 0. The number of rotatable bonds is 6. The van der Waals surface area contributed by atoms with Crippen LogP contribution < -0.4 is 11.1 Å². The lowest BCUT2D eigenvalue weighted by molar-refractivity contribution is -0.153. The molecule has 1 N–H and O–H groups in total. The van der Waals surface area contributed by atoms with E-state index in [0.717, 1.165) is 0 Å². The number of nitrogens with zero attached hydrogens (tertiary/aromatic N) is 2. The Bertz CT molecular complexity index is 999. The number of oxazole rings is 1. The molecule has 0 saturated carbocycles. The minimum atomic E-state index is -1.02. The number of hydrogen-bond acceptors (Lipinski definition) is 7. The zero-order valence-electron chi connectivity index (χ0n) is 14.2. The van der Waals surface area contributed by atoms with Crippen LogP contribution in [-0.4, -0.2) is 27.7 Å². The molecule has 9 heteroatoms. The van der Waals surface area contributed by atoms with Gasteiger partial charge in [0, 0.05) is 12.6 Å². The van der Waals surface area contributed by atoms with E-state index in [1.165, 1.54) is 11.5 Å². The van der Waals surface area contributed by atoms with Gasteiger partial charge < -0.3 is 13.7 Å². The van der Waals surface area contributed by atoms with Gasteiger partial charge in [-0.3, -0.25) is 19.5 Å². The molecule has 26 heavy (non-hydrogen) atoms. The number of para-hydroxylation sites is 2. The van der Waals surface area contributed by atoms with Gasteiger partial charge in [0.05, 0.1) is 17.6 Å². The molecule has 1 atom stereocenters. The van der Waals surface area contributed by atoms with E-state index in [-0.39, 0.29) is 18.8 Å². The van der Waals surface area contributed by atoms with Crippen LogP contribution in [0.15, 0.2) is 44.1 Å². The van der Waals surface area contributed by atoms with Crippen molar-refractivity contribution in [1.82, 2.24) is 9.72 Å². The predicted molar refractivity (Wildman–Crippen MR) is 90.5 cm³/mol. The first-order chi connectivity index (χ1) is 12.4. The number of amides is 1. The van der Waals surface area contributed by atoms with Crippen molar-refractivity contribution >= 4 is 28.9 Å². The molecule has 1 unspecified atom stereocenters. The van der Waals surface area contributed by atoms with E-state index >= 15 is 0 Å². The number of aromatic nitrogens is 2. The summed E-state index contributed by atoms with van der Waals surface area (Å²) in [4.78, 5) is 35.8. The van der Waals surface area contributed by atoms with Gasteiger partial charge in [0.15, 0.2) is 11.7 Å². The molecule has 0 bridgehead atoms. The van der Waals surface area contributed by atoms with Crippen molar-refractivity contribution in [3.63, 3.8) is 0 Å². The molecule has 136 valence electrons. The van der Waals surface area contributed by atoms with Crippen molar-refractivity contribution < 1.29 is 23.3 Å². The summed E-state index contributed by atoms with van der Waals surface area (Å²) >= 11 is 0. The lowest BCUT2D eigenvalue weighted by atomic mass is 10.3. The van der Waals surface area contributed by atoms with Gasteiger partial charge in [-0.1, -0.05) is 17.3 Å². The second kappa shape index (κ2) is 7.26. The van der Waals surface area contributed by atoms with Gasteiger partial charge in [0.1, 0.15) is 0 Å². The monoisotopic (exact) mass is 359 g/mol. The minimum absolute atomic E-state index is 0.0809. The number of hydrogen-bond donors (Lipinski definition) is 1. The van der Waals surface area contributed by atoms with Crippen LogP contribution >= 0.6 is 0 Å². The molecular formula is C17H17N3O6. The highest BCUT2D eigenvalue weighted by Gasteiger charge is 2.20. The predicted octanol–water partition coefficient (Wildman–Crippen LogP) is 1.85. The van der Waals surface area contributed by atoms with Gasteiger partial charge in [-0.05, 0) is 26.0 Å². The van der Waals surface area contributed by atoms with Gasteiger partial charge in [0.25, 0.3) is 5.91 Å². The quantitative estimate of drug-likeness (QED) is 0.668. The Balaban J connectivity index is 1.55. The molecule has 0 spiro atoms. The zero-order valence-corrected chi connectivity index (χ0v) is 14.2. The molecule has 1 aromatic carbocycles. The van der Waals surface area contributed by atoms with Crippen molar-refractivity contribution in [3.8, 4) is 0 Å². The summed E-state index contributed by atoms with van der Waals surface area (Å²) in [6.45, 7) is 3.24. The maximum absolute atomic E-state index is 12.0. The van der Waals surface area contributed by atoms with E-state index in [4.69, 9.17) is 13.7 Å². The number of carbonyl (C=O) groups excluding carboxylic acids is 2. The Morgan fingerprint density at radius 1 is 1.35 bits per heavy atom. The number of ether oxygens (including phenoxy) is 1. The van der Waals surface area contributed by atoms with Crippen molar-refractivity contribution in [3.05, 3.63) is 46.6 Å². The third-order valence-corrected chi connectivity index (χ3v) is 3.67. The van der Waals surface area contributed by atoms with Crippen LogP contribution in [-0.2, 0) is 20.9 Å². The second-order valence-electron chi connectivity index (χ2n) is 5.69. The molecule has 3 rings (SSSR count). The van der Waals surface area contributed by atoms with Crippen molar-refractivity contribution in [2.24, 2.45) is 0 Å². The lowest BCUT2D eigenvalue weighted by Gasteiger charge is -2.12. The Kier molecular flexibility index (Phi) is 4.87. The summed E-state index contributed by atoms with van der Waals surface area (Å²) in [5.41, 5.74) is 1.65. The SMILES string of the molecule is Cc1cc(NC(=O)C(C)OC(=O)CCn2c(=O)oc3ccccc32)on1. The van der Waals surface area contributed by atoms with Crippen LogP contribution in [0.25, 0.3) is 11.1 Å². The van der Waals surface area contributed by atoms with E-state index in [0.29, 0.717) is 16.8 Å².